The third-order valence-corrected chi connectivity index (χ3v) is 3.81. The number of ether oxygens (including phenoxy) is 1. The summed E-state index contributed by atoms with van der Waals surface area (Å²) in [5.41, 5.74) is 5.42. The van der Waals surface area contributed by atoms with E-state index in [-0.39, 0.29) is 11.9 Å². The molecule has 1 amide bonds. The lowest BCUT2D eigenvalue weighted by molar-refractivity contribution is -0.121. The van der Waals surface area contributed by atoms with E-state index in [0.717, 1.165) is 26.1 Å². The highest BCUT2D eigenvalue weighted by atomic mass is 16.5. The number of nitrogens with one attached hydrogen (secondary N) is 1. The van der Waals surface area contributed by atoms with Crippen LogP contribution in [0.15, 0.2) is 0 Å². The van der Waals surface area contributed by atoms with Crippen molar-refractivity contribution in [2.75, 3.05) is 26.2 Å². The molecule has 1 aliphatic heterocycles. The average Bonchev–Trinajstić information content (AvgIpc) is 2.77. The summed E-state index contributed by atoms with van der Waals surface area (Å²) in [5.74, 6) is -0.257. The molecule has 5 heteroatoms. The van der Waals surface area contributed by atoms with Crippen molar-refractivity contribution in [3.63, 3.8) is 0 Å². The maximum atomic E-state index is 11.4. The molecule has 2 rings (SSSR count). The Bertz CT molecular complexity index is 272. The molecule has 0 aromatic heterocycles. The topological polar surface area (TPSA) is 67.6 Å². The highest BCUT2D eigenvalue weighted by Gasteiger charge is 2.37. The molecule has 0 aromatic rings. The van der Waals surface area contributed by atoms with Gasteiger partial charge in [0.25, 0.3) is 0 Å². The lowest BCUT2D eigenvalue weighted by Gasteiger charge is -2.39. The fourth-order valence-corrected chi connectivity index (χ4v) is 2.97. The number of rotatable bonds is 5. The Balaban J connectivity index is 1.93. The van der Waals surface area contributed by atoms with Crippen LogP contribution in [0.5, 0.6) is 0 Å². The molecule has 1 saturated heterocycles. The summed E-state index contributed by atoms with van der Waals surface area (Å²) in [6, 6.07) is 0.253. The monoisotopic (exact) mass is 241 g/mol. The van der Waals surface area contributed by atoms with Crippen LogP contribution in [-0.4, -0.2) is 55.2 Å². The quantitative estimate of drug-likeness (QED) is 0.693. The Kier molecular flexibility index (Phi) is 4.36. The van der Waals surface area contributed by atoms with Gasteiger partial charge >= 0.3 is 0 Å². The van der Waals surface area contributed by atoms with Crippen molar-refractivity contribution in [3.8, 4) is 0 Å². The van der Waals surface area contributed by atoms with Crippen LogP contribution >= 0.6 is 0 Å². The van der Waals surface area contributed by atoms with Crippen LogP contribution in [0.4, 0.5) is 0 Å². The van der Waals surface area contributed by atoms with E-state index >= 15 is 0 Å². The molecule has 0 bridgehead atoms. The Morgan fingerprint density at radius 1 is 1.59 bits per heavy atom. The number of hydrogen-bond donors (Lipinski definition) is 2. The summed E-state index contributed by atoms with van der Waals surface area (Å²) < 4.78 is 5.76. The predicted molar refractivity (Wildman–Crippen MR) is 65.6 cm³/mol. The molecule has 1 aliphatic carbocycles. The highest BCUT2D eigenvalue weighted by molar-refractivity contribution is 5.80. The maximum Gasteiger partial charge on any atom is 0.235 e. The number of hydrogen-bond acceptors (Lipinski definition) is 4. The zero-order chi connectivity index (χ0) is 12.3. The molecule has 3 N–H and O–H groups in total. The van der Waals surface area contributed by atoms with E-state index in [4.69, 9.17) is 10.5 Å². The van der Waals surface area contributed by atoms with E-state index in [1.54, 1.807) is 0 Å². The number of nitrogens with two attached hydrogens (primary N) is 1. The minimum atomic E-state index is -0.257. The SMILES string of the molecule is CCNC(CN1CCOC2CCCC21)C(N)=O. The number of nitrogens with zero attached hydrogens (tertiary/aromatic N) is 1. The first-order valence-electron chi connectivity index (χ1n) is 6.60. The van der Waals surface area contributed by atoms with Gasteiger partial charge in [-0.3, -0.25) is 9.69 Å². The molecule has 2 fully saturated rings. The molecule has 2 aliphatic rings. The lowest BCUT2D eigenvalue weighted by Crippen LogP contribution is -2.56. The maximum absolute atomic E-state index is 11.4. The van der Waals surface area contributed by atoms with Crippen molar-refractivity contribution in [2.24, 2.45) is 5.73 Å². The third kappa shape index (κ3) is 2.97. The van der Waals surface area contributed by atoms with Crippen LogP contribution in [0.1, 0.15) is 26.2 Å². The zero-order valence-corrected chi connectivity index (χ0v) is 10.5. The number of morpholine rings is 1. The second kappa shape index (κ2) is 5.80. The van der Waals surface area contributed by atoms with Crippen LogP contribution in [0, 0.1) is 0 Å². The molecule has 0 aromatic carbocycles. The first-order valence-corrected chi connectivity index (χ1v) is 6.60. The van der Waals surface area contributed by atoms with Gasteiger partial charge in [-0.05, 0) is 25.8 Å². The van der Waals surface area contributed by atoms with Crippen LogP contribution < -0.4 is 11.1 Å². The minimum Gasteiger partial charge on any atom is -0.375 e. The largest absolute Gasteiger partial charge is 0.375 e. The van der Waals surface area contributed by atoms with Gasteiger partial charge in [-0.1, -0.05) is 6.92 Å². The average molecular weight is 241 g/mol. The number of amides is 1. The number of carbonyl (C=O) groups excluding carboxylic acids is 1. The number of carbonyl (C=O) groups is 1. The lowest BCUT2D eigenvalue weighted by atomic mass is 10.1. The summed E-state index contributed by atoms with van der Waals surface area (Å²) in [6.07, 6.45) is 3.94. The van der Waals surface area contributed by atoms with E-state index in [9.17, 15) is 4.79 Å². The van der Waals surface area contributed by atoms with Gasteiger partial charge in [0.15, 0.2) is 0 Å². The zero-order valence-electron chi connectivity index (χ0n) is 10.5. The molecule has 3 atom stereocenters. The highest BCUT2D eigenvalue weighted by Crippen LogP contribution is 2.29. The van der Waals surface area contributed by atoms with E-state index in [1.165, 1.54) is 12.8 Å². The second-order valence-electron chi connectivity index (χ2n) is 4.92. The number of likely N-dealkylation sites (N-methyl/N-ethyl adjacent to an activating group) is 1. The van der Waals surface area contributed by atoms with Crippen LogP contribution in [0.2, 0.25) is 0 Å². The van der Waals surface area contributed by atoms with Crippen LogP contribution in [0.25, 0.3) is 0 Å². The van der Waals surface area contributed by atoms with Gasteiger partial charge in [-0.15, -0.1) is 0 Å². The van der Waals surface area contributed by atoms with Gasteiger partial charge < -0.3 is 15.8 Å². The van der Waals surface area contributed by atoms with Gasteiger partial charge in [-0.25, -0.2) is 0 Å². The van der Waals surface area contributed by atoms with Gasteiger partial charge in [0.2, 0.25) is 5.91 Å². The molecule has 0 spiro atoms. The number of fused-ring (bicyclic) bond motifs is 1. The standard InChI is InChI=1S/C12H23N3O2/c1-2-14-9(12(13)16)8-15-6-7-17-11-5-3-4-10(11)15/h9-11,14H,2-8H2,1H3,(H2,13,16). The molecule has 98 valence electrons. The second-order valence-corrected chi connectivity index (χ2v) is 4.92. The van der Waals surface area contributed by atoms with E-state index < -0.39 is 0 Å². The molecule has 5 nitrogen and oxygen atoms in total. The molecule has 3 unspecified atom stereocenters. The molecule has 1 saturated carbocycles. The Morgan fingerprint density at radius 3 is 3.12 bits per heavy atom. The van der Waals surface area contributed by atoms with Gasteiger partial charge in [0.05, 0.1) is 18.8 Å². The van der Waals surface area contributed by atoms with Crippen molar-refractivity contribution in [1.29, 1.82) is 0 Å². The van der Waals surface area contributed by atoms with Crippen molar-refractivity contribution >= 4 is 5.91 Å². The summed E-state index contributed by atoms with van der Waals surface area (Å²) in [7, 11) is 0. The molecule has 0 radical (unpaired) electrons. The smallest absolute Gasteiger partial charge is 0.235 e. The van der Waals surface area contributed by atoms with Crippen LogP contribution in [0.3, 0.4) is 0 Å². The summed E-state index contributed by atoms with van der Waals surface area (Å²) in [6.45, 7) is 5.17. The first-order chi connectivity index (χ1) is 8.22. The Hall–Kier alpha value is -0.650. The summed E-state index contributed by atoms with van der Waals surface area (Å²) in [5, 5.41) is 3.15. The van der Waals surface area contributed by atoms with Crippen molar-refractivity contribution in [3.05, 3.63) is 0 Å². The van der Waals surface area contributed by atoms with Crippen molar-refractivity contribution < 1.29 is 9.53 Å². The fraction of sp³-hybridized carbons (Fsp3) is 0.917. The van der Waals surface area contributed by atoms with E-state index in [2.05, 4.69) is 10.2 Å². The first kappa shape index (κ1) is 12.8. The van der Waals surface area contributed by atoms with Crippen molar-refractivity contribution in [2.45, 2.75) is 44.4 Å². The fourth-order valence-electron chi connectivity index (χ4n) is 2.97. The van der Waals surface area contributed by atoms with Gasteiger partial charge in [-0.2, -0.15) is 0 Å². The normalized spacial score (nSPS) is 31.1. The van der Waals surface area contributed by atoms with Crippen molar-refractivity contribution in [1.82, 2.24) is 10.2 Å². The molecule has 17 heavy (non-hydrogen) atoms. The summed E-state index contributed by atoms with van der Waals surface area (Å²) >= 11 is 0. The Labute approximate surface area is 103 Å². The Morgan fingerprint density at radius 2 is 2.41 bits per heavy atom. The predicted octanol–water partition coefficient (Wildman–Crippen LogP) is -0.297. The molecule has 1 heterocycles. The van der Waals surface area contributed by atoms with Gasteiger partial charge in [0, 0.05) is 19.1 Å². The third-order valence-electron chi connectivity index (χ3n) is 3.81. The van der Waals surface area contributed by atoms with Crippen LogP contribution in [-0.2, 0) is 9.53 Å². The molecular weight excluding hydrogens is 218 g/mol. The summed E-state index contributed by atoms with van der Waals surface area (Å²) in [4.78, 5) is 13.7. The minimum absolute atomic E-state index is 0.237. The molecular formula is C12H23N3O2. The van der Waals surface area contributed by atoms with E-state index in [0.29, 0.717) is 18.7 Å². The van der Waals surface area contributed by atoms with E-state index in [1.807, 2.05) is 6.92 Å². The van der Waals surface area contributed by atoms with Gasteiger partial charge in [0.1, 0.15) is 0 Å². The number of primary amides is 1.